The fraction of sp³-hybridized carbons (Fsp3) is 1.00. The van der Waals surface area contributed by atoms with Gasteiger partial charge in [-0.1, -0.05) is 13.8 Å². The average Bonchev–Trinajstić information content (AvgIpc) is 2.12. The second-order valence-electron chi connectivity index (χ2n) is 5.13. The second-order valence-corrected chi connectivity index (χ2v) is 5.13. The third kappa shape index (κ3) is 4.09. The van der Waals surface area contributed by atoms with Gasteiger partial charge in [-0.3, -0.25) is 0 Å². The summed E-state index contributed by atoms with van der Waals surface area (Å²) < 4.78 is 5.69. The summed E-state index contributed by atoms with van der Waals surface area (Å²) in [7, 11) is 0. The molecule has 0 saturated carbocycles. The number of hydrogen-bond acceptors (Lipinski definition) is 3. The first-order chi connectivity index (χ1) is 7.02. The van der Waals surface area contributed by atoms with Crippen LogP contribution in [0, 0.1) is 5.92 Å². The highest BCUT2D eigenvalue weighted by Gasteiger charge is 2.26. The molecule has 1 rings (SSSR count). The highest BCUT2D eigenvalue weighted by Crippen LogP contribution is 2.20. The Kier molecular flexibility index (Phi) is 5.03. The molecule has 15 heavy (non-hydrogen) atoms. The van der Waals surface area contributed by atoms with Crippen LogP contribution < -0.4 is 5.32 Å². The van der Waals surface area contributed by atoms with Crippen molar-refractivity contribution < 1.29 is 9.84 Å². The van der Waals surface area contributed by atoms with Crippen molar-refractivity contribution in [2.45, 2.75) is 64.8 Å². The molecule has 0 aliphatic carbocycles. The van der Waals surface area contributed by atoms with Crippen LogP contribution in [0.25, 0.3) is 0 Å². The van der Waals surface area contributed by atoms with Crippen molar-refractivity contribution in [3.63, 3.8) is 0 Å². The Balaban J connectivity index is 2.42. The van der Waals surface area contributed by atoms with Gasteiger partial charge < -0.3 is 15.2 Å². The molecule has 90 valence electrons. The molecule has 2 N–H and O–H groups in total. The topological polar surface area (TPSA) is 41.5 Å². The molecule has 1 saturated heterocycles. The SMILES string of the molecule is CC1CC(NC(CO)C(C)C)CC(C)O1. The van der Waals surface area contributed by atoms with Gasteiger partial charge in [0.05, 0.1) is 18.8 Å². The van der Waals surface area contributed by atoms with Crippen LogP contribution in [0.3, 0.4) is 0 Å². The van der Waals surface area contributed by atoms with Crippen molar-refractivity contribution in [2.24, 2.45) is 5.92 Å². The molecule has 1 aliphatic heterocycles. The van der Waals surface area contributed by atoms with E-state index in [0.717, 1.165) is 12.8 Å². The molecule has 0 bridgehead atoms. The summed E-state index contributed by atoms with van der Waals surface area (Å²) in [5.41, 5.74) is 0. The van der Waals surface area contributed by atoms with E-state index in [1.807, 2.05) is 0 Å². The molecule has 3 heteroatoms. The van der Waals surface area contributed by atoms with E-state index in [4.69, 9.17) is 4.74 Å². The van der Waals surface area contributed by atoms with E-state index in [2.05, 4.69) is 33.0 Å². The van der Waals surface area contributed by atoms with Gasteiger partial charge in [0.1, 0.15) is 0 Å². The Hall–Kier alpha value is -0.120. The maximum absolute atomic E-state index is 9.27. The van der Waals surface area contributed by atoms with Crippen LogP contribution >= 0.6 is 0 Å². The molecular formula is C12H25NO2. The zero-order valence-electron chi connectivity index (χ0n) is 10.4. The van der Waals surface area contributed by atoms with E-state index < -0.39 is 0 Å². The van der Waals surface area contributed by atoms with Gasteiger partial charge in [0.25, 0.3) is 0 Å². The molecule has 0 aromatic heterocycles. The van der Waals surface area contributed by atoms with Gasteiger partial charge in [0.2, 0.25) is 0 Å². The predicted octanol–water partition coefficient (Wildman–Crippen LogP) is 1.55. The molecule has 1 aliphatic rings. The van der Waals surface area contributed by atoms with E-state index in [1.165, 1.54) is 0 Å². The molecular weight excluding hydrogens is 190 g/mol. The Labute approximate surface area is 93.2 Å². The quantitative estimate of drug-likeness (QED) is 0.747. The second kappa shape index (κ2) is 5.83. The lowest BCUT2D eigenvalue weighted by Gasteiger charge is -2.35. The Morgan fingerprint density at radius 1 is 1.27 bits per heavy atom. The van der Waals surface area contributed by atoms with Crippen LogP contribution in [-0.2, 0) is 4.74 Å². The number of rotatable bonds is 4. The van der Waals surface area contributed by atoms with E-state index in [-0.39, 0.29) is 12.6 Å². The number of hydrogen-bond donors (Lipinski definition) is 2. The molecule has 1 fully saturated rings. The summed E-state index contributed by atoms with van der Waals surface area (Å²) in [5.74, 6) is 0.475. The molecule has 3 unspecified atom stereocenters. The molecule has 0 aromatic rings. The van der Waals surface area contributed by atoms with Crippen LogP contribution in [0.1, 0.15) is 40.5 Å². The lowest BCUT2D eigenvalue weighted by molar-refractivity contribution is -0.0453. The van der Waals surface area contributed by atoms with Crippen molar-refractivity contribution in [1.82, 2.24) is 5.32 Å². The van der Waals surface area contributed by atoms with Crippen molar-refractivity contribution in [2.75, 3.05) is 6.61 Å². The van der Waals surface area contributed by atoms with Gasteiger partial charge in [0.15, 0.2) is 0 Å². The fourth-order valence-electron chi connectivity index (χ4n) is 2.30. The average molecular weight is 215 g/mol. The predicted molar refractivity (Wildman–Crippen MR) is 61.9 cm³/mol. The van der Waals surface area contributed by atoms with Crippen molar-refractivity contribution in [1.29, 1.82) is 0 Å². The largest absolute Gasteiger partial charge is 0.395 e. The smallest absolute Gasteiger partial charge is 0.0587 e. The van der Waals surface area contributed by atoms with E-state index in [0.29, 0.717) is 24.2 Å². The fourth-order valence-corrected chi connectivity index (χ4v) is 2.30. The molecule has 0 aromatic carbocycles. The van der Waals surface area contributed by atoms with Gasteiger partial charge in [-0.15, -0.1) is 0 Å². The first-order valence-electron chi connectivity index (χ1n) is 6.05. The molecule has 0 amide bonds. The van der Waals surface area contributed by atoms with Gasteiger partial charge in [-0.2, -0.15) is 0 Å². The Bertz CT molecular complexity index is 174. The Morgan fingerprint density at radius 2 is 1.80 bits per heavy atom. The summed E-state index contributed by atoms with van der Waals surface area (Å²) in [4.78, 5) is 0. The van der Waals surface area contributed by atoms with Gasteiger partial charge in [0, 0.05) is 12.1 Å². The highest BCUT2D eigenvalue weighted by molar-refractivity contribution is 4.82. The van der Waals surface area contributed by atoms with Gasteiger partial charge >= 0.3 is 0 Å². The number of aliphatic hydroxyl groups is 1. The van der Waals surface area contributed by atoms with Gasteiger partial charge in [-0.05, 0) is 32.6 Å². The lowest BCUT2D eigenvalue weighted by Crippen LogP contribution is -2.48. The minimum Gasteiger partial charge on any atom is -0.395 e. The molecule has 1 heterocycles. The lowest BCUT2D eigenvalue weighted by atomic mass is 9.96. The van der Waals surface area contributed by atoms with Crippen LogP contribution in [0.15, 0.2) is 0 Å². The monoisotopic (exact) mass is 215 g/mol. The van der Waals surface area contributed by atoms with Crippen molar-refractivity contribution in [3.05, 3.63) is 0 Å². The van der Waals surface area contributed by atoms with E-state index in [9.17, 15) is 5.11 Å². The highest BCUT2D eigenvalue weighted by atomic mass is 16.5. The summed E-state index contributed by atoms with van der Waals surface area (Å²) in [5, 5.41) is 12.8. The normalized spacial score (nSPS) is 34.4. The number of aliphatic hydroxyl groups excluding tert-OH is 1. The minimum absolute atomic E-state index is 0.215. The molecule has 0 spiro atoms. The third-order valence-electron chi connectivity index (χ3n) is 3.15. The van der Waals surface area contributed by atoms with E-state index >= 15 is 0 Å². The summed E-state index contributed by atoms with van der Waals surface area (Å²) in [6.07, 6.45) is 2.76. The summed E-state index contributed by atoms with van der Waals surface area (Å²) in [6, 6.07) is 0.704. The van der Waals surface area contributed by atoms with Crippen LogP contribution in [0.2, 0.25) is 0 Å². The zero-order valence-corrected chi connectivity index (χ0v) is 10.4. The maximum atomic E-state index is 9.27. The molecule has 3 atom stereocenters. The van der Waals surface area contributed by atoms with Crippen molar-refractivity contribution in [3.8, 4) is 0 Å². The first-order valence-corrected chi connectivity index (χ1v) is 6.05. The standard InChI is InChI=1S/C12H25NO2/c1-8(2)12(7-14)13-11-5-9(3)15-10(4)6-11/h8-14H,5-7H2,1-4H3. The van der Waals surface area contributed by atoms with Crippen LogP contribution in [-0.4, -0.2) is 36.0 Å². The number of ether oxygens (including phenoxy) is 1. The van der Waals surface area contributed by atoms with Gasteiger partial charge in [-0.25, -0.2) is 0 Å². The summed E-state index contributed by atoms with van der Waals surface area (Å²) >= 11 is 0. The third-order valence-corrected chi connectivity index (χ3v) is 3.15. The van der Waals surface area contributed by atoms with Crippen LogP contribution in [0.4, 0.5) is 0 Å². The van der Waals surface area contributed by atoms with Crippen molar-refractivity contribution >= 4 is 0 Å². The van der Waals surface area contributed by atoms with E-state index in [1.54, 1.807) is 0 Å². The first kappa shape index (κ1) is 12.9. The number of nitrogens with one attached hydrogen (secondary N) is 1. The molecule has 0 radical (unpaired) electrons. The summed E-state index contributed by atoms with van der Waals surface area (Å²) in [6.45, 7) is 8.74. The Morgan fingerprint density at radius 3 is 2.20 bits per heavy atom. The van der Waals surface area contributed by atoms with Crippen LogP contribution in [0.5, 0.6) is 0 Å². The molecule has 3 nitrogen and oxygen atoms in total. The minimum atomic E-state index is 0.215. The maximum Gasteiger partial charge on any atom is 0.0587 e. The zero-order chi connectivity index (χ0) is 11.4.